The molecule has 1 fully saturated rings. The molecule has 1 aromatic carbocycles. The molecular formula is C20H22N6O2. The van der Waals surface area contributed by atoms with Crippen molar-refractivity contribution < 1.29 is 9.90 Å². The second-order valence-electron chi connectivity index (χ2n) is 6.93. The van der Waals surface area contributed by atoms with Crippen molar-refractivity contribution in [1.82, 2.24) is 29.6 Å². The van der Waals surface area contributed by atoms with E-state index in [1.807, 2.05) is 39.8 Å². The second-order valence-corrected chi connectivity index (χ2v) is 6.93. The van der Waals surface area contributed by atoms with Crippen LogP contribution in [0.1, 0.15) is 34.8 Å². The Bertz CT molecular complexity index is 920. The lowest BCUT2D eigenvalue weighted by atomic mass is 9.93. The van der Waals surface area contributed by atoms with Gasteiger partial charge >= 0.3 is 0 Å². The molecule has 1 amide bonds. The molecule has 1 aliphatic heterocycles. The van der Waals surface area contributed by atoms with Gasteiger partial charge in [0.25, 0.3) is 5.91 Å². The highest BCUT2D eigenvalue weighted by molar-refractivity contribution is 5.93. The third-order valence-corrected chi connectivity index (χ3v) is 5.13. The molecule has 0 aliphatic carbocycles. The van der Waals surface area contributed by atoms with E-state index in [4.69, 9.17) is 0 Å². The normalized spacial score (nSPS) is 15.0. The standard InChI is InChI=1S/C20H22N6O2/c27-13-19-24-23-18(26(19)17-4-2-1-3-5-17)10-15-6-8-25(9-7-15)20(28)16-11-21-14-22-12-16/h1-5,11-12,14-15,27H,6-10,13H2. The van der Waals surface area contributed by atoms with E-state index < -0.39 is 0 Å². The van der Waals surface area contributed by atoms with Crippen LogP contribution in [0.25, 0.3) is 5.69 Å². The lowest BCUT2D eigenvalue weighted by molar-refractivity contribution is 0.0688. The number of para-hydroxylation sites is 1. The fourth-order valence-corrected chi connectivity index (χ4v) is 3.65. The Hall–Kier alpha value is -3.13. The van der Waals surface area contributed by atoms with Crippen molar-refractivity contribution in [1.29, 1.82) is 0 Å². The minimum atomic E-state index is -0.159. The van der Waals surface area contributed by atoms with Gasteiger partial charge in [-0.05, 0) is 30.9 Å². The lowest BCUT2D eigenvalue weighted by Gasteiger charge is -2.31. The number of piperidine rings is 1. The minimum absolute atomic E-state index is 0.0194. The van der Waals surface area contributed by atoms with Crippen LogP contribution in [0, 0.1) is 5.92 Å². The molecule has 28 heavy (non-hydrogen) atoms. The van der Waals surface area contributed by atoms with E-state index in [1.54, 1.807) is 12.4 Å². The third kappa shape index (κ3) is 3.77. The SMILES string of the molecule is O=C(c1cncnc1)N1CCC(Cc2nnc(CO)n2-c2ccccc2)CC1. The predicted molar refractivity (Wildman–Crippen MR) is 102 cm³/mol. The second kappa shape index (κ2) is 8.26. The summed E-state index contributed by atoms with van der Waals surface area (Å²) in [6.07, 6.45) is 7.09. The number of aliphatic hydroxyl groups excluding tert-OH is 1. The summed E-state index contributed by atoms with van der Waals surface area (Å²) in [5, 5.41) is 18.1. The van der Waals surface area contributed by atoms with Gasteiger partial charge in [-0.15, -0.1) is 10.2 Å². The van der Waals surface area contributed by atoms with Crippen molar-refractivity contribution in [2.75, 3.05) is 13.1 Å². The first-order valence-electron chi connectivity index (χ1n) is 9.40. The molecule has 0 spiro atoms. The molecule has 1 saturated heterocycles. The number of aromatic nitrogens is 5. The highest BCUT2D eigenvalue weighted by Crippen LogP contribution is 2.24. The number of carbonyl (C=O) groups is 1. The van der Waals surface area contributed by atoms with Gasteiger partial charge in [-0.1, -0.05) is 18.2 Å². The average Bonchev–Trinajstić information content (AvgIpc) is 3.17. The van der Waals surface area contributed by atoms with Gasteiger partial charge in [-0.3, -0.25) is 9.36 Å². The van der Waals surface area contributed by atoms with Crippen LogP contribution in [0.3, 0.4) is 0 Å². The van der Waals surface area contributed by atoms with Crippen LogP contribution in [0.2, 0.25) is 0 Å². The van der Waals surface area contributed by atoms with Gasteiger partial charge in [-0.2, -0.15) is 0 Å². The summed E-state index contributed by atoms with van der Waals surface area (Å²) < 4.78 is 1.93. The summed E-state index contributed by atoms with van der Waals surface area (Å²) in [4.78, 5) is 22.2. The van der Waals surface area contributed by atoms with Crippen LogP contribution in [-0.4, -0.2) is 53.7 Å². The topological polar surface area (TPSA) is 97.0 Å². The van der Waals surface area contributed by atoms with E-state index in [2.05, 4.69) is 20.2 Å². The quantitative estimate of drug-likeness (QED) is 0.725. The van der Waals surface area contributed by atoms with Crippen molar-refractivity contribution in [2.24, 2.45) is 5.92 Å². The molecule has 8 heteroatoms. The van der Waals surface area contributed by atoms with E-state index in [-0.39, 0.29) is 12.5 Å². The Morgan fingerprint density at radius 2 is 1.71 bits per heavy atom. The molecule has 3 heterocycles. The first-order valence-corrected chi connectivity index (χ1v) is 9.40. The largest absolute Gasteiger partial charge is 0.388 e. The van der Waals surface area contributed by atoms with E-state index in [1.165, 1.54) is 6.33 Å². The highest BCUT2D eigenvalue weighted by atomic mass is 16.3. The Labute approximate surface area is 162 Å². The maximum absolute atomic E-state index is 12.5. The molecule has 0 unspecified atom stereocenters. The molecule has 144 valence electrons. The van der Waals surface area contributed by atoms with Gasteiger partial charge in [-0.25, -0.2) is 9.97 Å². The average molecular weight is 378 g/mol. The number of carbonyl (C=O) groups excluding carboxylic acids is 1. The van der Waals surface area contributed by atoms with Crippen LogP contribution in [-0.2, 0) is 13.0 Å². The number of nitrogens with zero attached hydrogens (tertiary/aromatic N) is 6. The number of benzene rings is 1. The van der Waals surface area contributed by atoms with Crippen molar-refractivity contribution >= 4 is 5.91 Å². The summed E-state index contributed by atoms with van der Waals surface area (Å²) >= 11 is 0. The van der Waals surface area contributed by atoms with Crippen molar-refractivity contribution in [3.05, 3.63) is 66.3 Å². The molecule has 0 bridgehead atoms. The van der Waals surface area contributed by atoms with Crippen molar-refractivity contribution in [2.45, 2.75) is 25.9 Å². The molecule has 0 saturated carbocycles. The number of aliphatic hydroxyl groups is 1. The summed E-state index contributed by atoms with van der Waals surface area (Å²) in [5.74, 6) is 1.78. The van der Waals surface area contributed by atoms with E-state index in [0.29, 0.717) is 30.4 Å². The van der Waals surface area contributed by atoms with Crippen LogP contribution in [0.15, 0.2) is 49.1 Å². The lowest BCUT2D eigenvalue weighted by Crippen LogP contribution is -2.39. The van der Waals surface area contributed by atoms with Gasteiger partial charge in [0.15, 0.2) is 5.82 Å². The molecule has 3 aromatic rings. The number of rotatable bonds is 5. The van der Waals surface area contributed by atoms with Gasteiger partial charge in [0.1, 0.15) is 18.8 Å². The third-order valence-electron chi connectivity index (χ3n) is 5.13. The fourth-order valence-electron chi connectivity index (χ4n) is 3.65. The van der Waals surface area contributed by atoms with Crippen LogP contribution in [0.4, 0.5) is 0 Å². The maximum Gasteiger partial charge on any atom is 0.256 e. The zero-order valence-electron chi connectivity index (χ0n) is 15.5. The molecule has 8 nitrogen and oxygen atoms in total. The predicted octanol–water partition coefficient (Wildman–Crippen LogP) is 1.64. The Morgan fingerprint density at radius 3 is 2.39 bits per heavy atom. The molecule has 4 rings (SSSR count). The molecule has 0 atom stereocenters. The number of hydrogen-bond acceptors (Lipinski definition) is 6. The zero-order chi connectivity index (χ0) is 19.3. The van der Waals surface area contributed by atoms with Gasteiger partial charge in [0.2, 0.25) is 0 Å². The van der Waals surface area contributed by atoms with Crippen LogP contribution >= 0.6 is 0 Å². The molecular weight excluding hydrogens is 356 g/mol. The van der Waals surface area contributed by atoms with Gasteiger partial charge in [0, 0.05) is 37.6 Å². The summed E-state index contributed by atoms with van der Waals surface area (Å²) in [7, 11) is 0. The molecule has 2 aromatic heterocycles. The van der Waals surface area contributed by atoms with Crippen molar-refractivity contribution in [3.8, 4) is 5.69 Å². The number of likely N-dealkylation sites (tertiary alicyclic amines) is 1. The summed E-state index contributed by atoms with van der Waals surface area (Å²) in [6, 6.07) is 9.83. The van der Waals surface area contributed by atoms with E-state index >= 15 is 0 Å². The fraction of sp³-hybridized carbons (Fsp3) is 0.350. The first-order chi connectivity index (χ1) is 13.8. The first kappa shape index (κ1) is 18.2. The Kier molecular flexibility index (Phi) is 5.38. The Balaban J connectivity index is 1.43. The maximum atomic E-state index is 12.5. The highest BCUT2D eigenvalue weighted by Gasteiger charge is 2.26. The molecule has 1 aliphatic rings. The smallest absolute Gasteiger partial charge is 0.256 e. The monoisotopic (exact) mass is 378 g/mol. The Morgan fingerprint density at radius 1 is 1.04 bits per heavy atom. The molecule has 1 N–H and O–H groups in total. The number of hydrogen-bond donors (Lipinski definition) is 1. The van der Waals surface area contributed by atoms with Gasteiger partial charge < -0.3 is 10.0 Å². The zero-order valence-corrected chi connectivity index (χ0v) is 15.5. The van der Waals surface area contributed by atoms with Crippen molar-refractivity contribution in [3.63, 3.8) is 0 Å². The minimum Gasteiger partial charge on any atom is -0.388 e. The van der Waals surface area contributed by atoms with E-state index in [9.17, 15) is 9.90 Å². The van der Waals surface area contributed by atoms with E-state index in [0.717, 1.165) is 30.8 Å². The number of amides is 1. The summed E-state index contributed by atoms with van der Waals surface area (Å²) in [6.45, 7) is 1.24. The van der Waals surface area contributed by atoms with Gasteiger partial charge in [0.05, 0.1) is 5.56 Å². The summed E-state index contributed by atoms with van der Waals surface area (Å²) in [5.41, 5.74) is 1.47. The van der Waals surface area contributed by atoms with Crippen LogP contribution in [0.5, 0.6) is 0 Å². The van der Waals surface area contributed by atoms with Crippen LogP contribution < -0.4 is 0 Å². The molecule has 0 radical (unpaired) electrons.